The summed E-state index contributed by atoms with van der Waals surface area (Å²) in [5.41, 5.74) is -0.174. The fourth-order valence-corrected chi connectivity index (χ4v) is 1.04. The Morgan fingerprint density at radius 2 is 1.69 bits per heavy atom. The Hall–Kier alpha value is -1.58. The number of benzene rings is 1. The number of methoxy groups -OCH3 is 2. The lowest BCUT2D eigenvalue weighted by molar-refractivity contribution is 0.0829. The lowest BCUT2D eigenvalue weighted by atomic mass is 10.2. The molecule has 0 aliphatic carbocycles. The van der Waals surface area contributed by atoms with Gasteiger partial charge in [-0.3, -0.25) is 4.79 Å². The summed E-state index contributed by atoms with van der Waals surface area (Å²) in [6.45, 7) is 0. The molecule has 0 saturated heterocycles. The van der Waals surface area contributed by atoms with Crippen LogP contribution in [0.2, 0.25) is 0 Å². The standard InChI is InChI=1S/C9H9FO3/c1-12-6-4-3-5-7(13-2)8(6)9(10)11/h3-5H,1-2H3. The number of hydrogen-bond acceptors (Lipinski definition) is 3. The zero-order valence-electron chi connectivity index (χ0n) is 7.33. The lowest BCUT2D eigenvalue weighted by Gasteiger charge is -2.07. The molecule has 1 aromatic carbocycles. The van der Waals surface area contributed by atoms with Crippen molar-refractivity contribution in [1.82, 2.24) is 0 Å². The number of carbonyl (C=O) groups excluding carboxylic acids is 1. The fraction of sp³-hybridized carbons (Fsp3) is 0.222. The molecule has 0 saturated carbocycles. The summed E-state index contributed by atoms with van der Waals surface area (Å²) in [6.07, 6.45) is 0. The molecule has 0 radical (unpaired) electrons. The third kappa shape index (κ3) is 1.77. The molecule has 0 heterocycles. The summed E-state index contributed by atoms with van der Waals surface area (Å²) < 4.78 is 22.1. The molecule has 4 heteroatoms. The van der Waals surface area contributed by atoms with Crippen LogP contribution in [0.4, 0.5) is 4.39 Å². The van der Waals surface area contributed by atoms with E-state index in [1.54, 1.807) is 6.07 Å². The zero-order chi connectivity index (χ0) is 9.84. The Bertz CT molecular complexity index is 300. The van der Waals surface area contributed by atoms with Crippen molar-refractivity contribution in [2.75, 3.05) is 14.2 Å². The Kier molecular flexibility index (Phi) is 2.84. The van der Waals surface area contributed by atoms with Crippen molar-refractivity contribution in [1.29, 1.82) is 0 Å². The first-order valence-corrected chi connectivity index (χ1v) is 3.61. The molecule has 0 unspecified atom stereocenters. The van der Waals surface area contributed by atoms with Gasteiger partial charge in [0.1, 0.15) is 17.1 Å². The molecule has 0 amide bonds. The van der Waals surface area contributed by atoms with E-state index in [0.717, 1.165) is 0 Å². The molecule has 0 fully saturated rings. The van der Waals surface area contributed by atoms with E-state index >= 15 is 0 Å². The summed E-state index contributed by atoms with van der Waals surface area (Å²) in [7, 11) is 2.72. The van der Waals surface area contributed by atoms with Crippen molar-refractivity contribution in [2.24, 2.45) is 0 Å². The second kappa shape index (κ2) is 3.89. The van der Waals surface area contributed by atoms with Crippen molar-refractivity contribution in [2.45, 2.75) is 0 Å². The Balaban J connectivity index is 3.29. The van der Waals surface area contributed by atoms with E-state index in [1.807, 2.05) is 0 Å². The third-order valence-corrected chi connectivity index (χ3v) is 1.62. The molecule has 1 aromatic rings. The number of hydrogen-bond donors (Lipinski definition) is 0. The average molecular weight is 184 g/mol. The predicted octanol–water partition coefficient (Wildman–Crippen LogP) is 1.81. The number of halogens is 1. The average Bonchev–Trinajstić information content (AvgIpc) is 2.16. The van der Waals surface area contributed by atoms with Gasteiger partial charge in [-0.25, -0.2) is 0 Å². The SMILES string of the molecule is COc1cccc(OC)c1C(=O)F. The van der Waals surface area contributed by atoms with Gasteiger partial charge in [0.2, 0.25) is 0 Å². The molecule has 0 aromatic heterocycles. The van der Waals surface area contributed by atoms with Gasteiger partial charge in [0.15, 0.2) is 0 Å². The molecule has 1 rings (SSSR count). The van der Waals surface area contributed by atoms with Crippen LogP contribution in [0.1, 0.15) is 10.4 Å². The minimum atomic E-state index is -1.56. The highest BCUT2D eigenvalue weighted by Crippen LogP contribution is 2.28. The monoisotopic (exact) mass is 184 g/mol. The molecule has 0 bridgehead atoms. The van der Waals surface area contributed by atoms with Crippen molar-refractivity contribution >= 4 is 6.04 Å². The van der Waals surface area contributed by atoms with Gasteiger partial charge in [-0.1, -0.05) is 6.07 Å². The van der Waals surface area contributed by atoms with Crippen LogP contribution in [-0.2, 0) is 0 Å². The predicted molar refractivity (Wildman–Crippen MR) is 45.0 cm³/mol. The Labute approximate surface area is 75.1 Å². The maximum atomic E-state index is 12.5. The molecular formula is C9H9FO3. The van der Waals surface area contributed by atoms with Crippen LogP contribution in [0.5, 0.6) is 11.5 Å². The largest absolute Gasteiger partial charge is 0.496 e. The fourth-order valence-electron chi connectivity index (χ4n) is 1.04. The van der Waals surface area contributed by atoms with E-state index in [1.165, 1.54) is 26.4 Å². The van der Waals surface area contributed by atoms with E-state index in [-0.39, 0.29) is 17.1 Å². The van der Waals surface area contributed by atoms with Crippen LogP contribution in [0.15, 0.2) is 18.2 Å². The Morgan fingerprint density at radius 3 is 2.00 bits per heavy atom. The van der Waals surface area contributed by atoms with Crippen molar-refractivity contribution < 1.29 is 18.7 Å². The van der Waals surface area contributed by atoms with Gasteiger partial charge in [0.25, 0.3) is 0 Å². The molecule has 3 nitrogen and oxygen atoms in total. The van der Waals surface area contributed by atoms with Crippen LogP contribution in [0.3, 0.4) is 0 Å². The van der Waals surface area contributed by atoms with Gasteiger partial charge in [0.05, 0.1) is 14.2 Å². The molecule has 0 atom stereocenters. The summed E-state index contributed by atoms with van der Waals surface area (Å²) in [4.78, 5) is 10.6. The van der Waals surface area contributed by atoms with Gasteiger partial charge in [-0.2, -0.15) is 4.39 Å². The molecule has 13 heavy (non-hydrogen) atoms. The molecular weight excluding hydrogens is 175 g/mol. The van der Waals surface area contributed by atoms with Crippen LogP contribution in [-0.4, -0.2) is 20.3 Å². The van der Waals surface area contributed by atoms with Gasteiger partial charge in [-0.15, -0.1) is 0 Å². The zero-order valence-corrected chi connectivity index (χ0v) is 7.33. The highest BCUT2D eigenvalue weighted by atomic mass is 19.1. The quantitative estimate of drug-likeness (QED) is 0.672. The van der Waals surface area contributed by atoms with E-state index in [9.17, 15) is 9.18 Å². The van der Waals surface area contributed by atoms with Gasteiger partial charge in [-0.05, 0) is 12.1 Å². The molecule has 0 aliphatic rings. The van der Waals surface area contributed by atoms with Crippen molar-refractivity contribution in [3.05, 3.63) is 23.8 Å². The molecule has 0 N–H and O–H groups in total. The number of rotatable bonds is 3. The summed E-state index contributed by atoms with van der Waals surface area (Å²) >= 11 is 0. The molecule has 70 valence electrons. The Morgan fingerprint density at radius 1 is 1.23 bits per heavy atom. The topological polar surface area (TPSA) is 35.5 Å². The maximum absolute atomic E-state index is 12.5. The number of carbonyl (C=O) groups is 1. The van der Waals surface area contributed by atoms with Crippen LogP contribution in [0.25, 0.3) is 0 Å². The summed E-state index contributed by atoms with van der Waals surface area (Å²) in [5.74, 6) is 0.346. The van der Waals surface area contributed by atoms with E-state index in [0.29, 0.717) is 0 Å². The number of ether oxygens (including phenoxy) is 2. The van der Waals surface area contributed by atoms with Crippen LogP contribution < -0.4 is 9.47 Å². The smallest absolute Gasteiger partial charge is 0.339 e. The first kappa shape index (κ1) is 9.51. The minimum Gasteiger partial charge on any atom is -0.496 e. The van der Waals surface area contributed by atoms with Crippen molar-refractivity contribution in [3.63, 3.8) is 0 Å². The molecule has 0 spiro atoms. The van der Waals surface area contributed by atoms with Crippen LogP contribution >= 0.6 is 0 Å². The third-order valence-electron chi connectivity index (χ3n) is 1.62. The van der Waals surface area contributed by atoms with Gasteiger partial charge in [0, 0.05) is 0 Å². The maximum Gasteiger partial charge on any atom is 0.339 e. The second-order valence-corrected chi connectivity index (χ2v) is 2.31. The lowest BCUT2D eigenvalue weighted by Crippen LogP contribution is -1.99. The summed E-state index contributed by atoms with van der Waals surface area (Å²) in [5, 5.41) is 0. The highest BCUT2D eigenvalue weighted by molar-refractivity contribution is 5.94. The highest BCUT2D eigenvalue weighted by Gasteiger charge is 2.16. The van der Waals surface area contributed by atoms with E-state index < -0.39 is 6.04 Å². The van der Waals surface area contributed by atoms with E-state index in [4.69, 9.17) is 9.47 Å². The van der Waals surface area contributed by atoms with Gasteiger partial charge >= 0.3 is 6.04 Å². The minimum absolute atomic E-state index is 0.173. The van der Waals surface area contributed by atoms with Crippen LogP contribution in [0, 0.1) is 0 Å². The summed E-state index contributed by atoms with van der Waals surface area (Å²) in [6, 6.07) is 3.05. The van der Waals surface area contributed by atoms with Crippen molar-refractivity contribution in [3.8, 4) is 11.5 Å². The second-order valence-electron chi connectivity index (χ2n) is 2.31. The normalized spacial score (nSPS) is 9.46. The van der Waals surface area contributed by atoms with E-state index in [2.05, 4.69) is 0 Å². The van der Waals surface area contributed by atoms with Gasteiger partial charge < -0.3 is 9.47 Å². The first-order chi connectivity index (χ1) is 6.20. The first-order valence-electron chi connectivity index (χ1n) is 3.61. The molecule has 0 aliphatic heterocycles.